The van der Waals surface area contributed by atoms with Gasteiger partial charge in [0.1, 0.15) is 5.76 Å². The van der Waals surface area contributed by atoms with Gasteiger partial charge in [0.15, 0.2) is 17.4 Å². The summed E-state index contributed by atoms with van der Waals surface area (Å²) in [5.74, 6) is 1.67. The standard InChI is InChI=1S/C25H25ClN2O6S/c1-31-19-6-4-5-16(23(19)33-3)24-17-11-14(26)7-9-18(17)28-25(30)20(35-24)12-21-27-13-15(34-21)8-10-22(29)32-2/h4-7,9,11,13,20,24H,8,10,12H2,1-3H3,(H,28,30)/t20-,24-/m0/s1. The molecule has 2 atom stereocenters. The van der Waals surface area contributed by atoms with Crippen LogP contribution in [0.1, 0.15) is 34.4 Å². The maximum absolute atomic E-state index is 13.2. The lowest BCUT2D eigenvalue weighted by molar-refractivity contribution is -0.140. The van der Waals surface area contributed by atoms with Gasteiger partial charge in [-0.25, -0.2) is 4.98 Å². The molecule has 184 valence electrons. The van der Waals surface area contributed by atoms with Crippen LogP contribution in [0.25, 0.3) is 0 Å². The average Bonchev–Trinajstić information content (AvgIpc) is 3.27. The van der Waals surface area contributed by atoms with Crippen LogP contribution in [-0.4, -0.2) is 43.4 Å². The van der Waals surface area contributed by atoms with E-state index in [1.165, 1.54) is 18.9 Å². The Labute approximate surface area is 212 Å². The van der Waals surface area contributed by atoms with E-state index in [0.29, 0.717) is 40.3 Å². The number of hydrogen-bond donors (Lipinski definition) is 1. The molecule has 0 saturated heterocycles. The van der Waals surface area contributed by atoms with Crippen LogP contribution in [-0.2, 0) is 27.2 Å². The van der Waals surface area contributed by atoms with Gasteiger partial charge in [0.05, 0.1) is 44.4 Å². The van der Waals surface area contributed by atoms with E-state index in [1.54, 1.807) is 32.5 Å². The lowest BCUT2D eigenvalue weighted by Crippen LogP contribution is -2.26. The van der Waals surface area contributed by atoms with E-state index in [0.717, 1.165) is 11.1 Å². The summed E-state index contributed by atoms with van der Waals surface area (Å²) in [5.41, 5.74) is 2.39. The first kappa shape index (κ1) is 24.9. The van der Waals surface area contributed by atoms with E-state index in [1.807, 2.05) is 24.3 Å². The Kier molecular flexibility index (Phi) is 7.87. The molecule has 8 nitrogen and oxygen atoms in total. The summed E-state index contributed by atoms with van der Waals surface area (Å²) in [7, 11) is 4.51. The van der Waals surface area contributed by atoms with Crippen LogP contribution in [0.5, 0.6) is 11.5 Å². The number of carbonyl (C=O) groups is 2. The Morgan fingerprint density at radius 3 is 2.74 bits per heavy atom. The minimum absolute atomic E-state index is 0.169. The number of rotatable bonds is 8. The third-order valence-corrected chi connectivity index (χ3v) is 7.35. The van der Waals surface area contributed by atoms with E-state index >= 15 is 0 Å². The second-order valence-corrected chi connectivity index (χ2v) is 9.56. The molecule has 1 N–H and O–H groups in total. The third-order valence-electron chi connectivity index (χ3n) is 5.63. The van der Waals surface area contributed by atoms with E-state index in [-0.39, 0.29) is 30.0 Å². The van der Waals surface area contributed by atoms with Gasteiger partial charge in [-0.2, -0.15) is 0 Å². The Hall–Kier alpha value is -3.17. The molecule has 0 spiro atoms. The van der Waals surface area contributed by atoms with Crippen molar-refractivity contribution in [1.29, 1.82) is 0 Å². The molecule has 1 aliphatic rings. The molecule has 1 amide bonds. The van der Waals surface area contributed by atoms with Crippen LogP contribution < -0.4 is 14.8 Å². The normalized spacial score (nSPS) is 17.2. The number of aromatic nitrogens is 1. The number of thioether (sulfide) groups is 1. The Bertz CT molecular complexity index is 1230. The first-order valence-electron chi connectivity index (χ1n) is 10.9. The van der Waals surface area contributed by atoms with Gasteiger partial charge in [0.2, 0.25) is 5.91 Å². The van der Waals surface area contributed by atoms with Crippen molar-refractivity contribution in [1.82, 2.24) is 4.98 Å². The Morgan fingerprint density at radius 1 is 1.17 bits per heavy atom. The number of para-hydroxylation sites is 1. The van der Waals surface area contributed by atoms with Gasteiger partial charge in [0, 0.05) is 29.1 Å². The van der Waals surface area contributed by atoms with E-state index in [9.17, 15) is 9.59 Å². The van der Waals surface area contributed by atoms with Crippen molar-refractivity contribution in [2.24, 2.45) is 0 Å². The number of anilines is 1. The highest BCUT2D eigenvalue weighted by molar-refractivity contribution is 8.01. The summed E-state index contributed by atoms with van der Waals surface area (Å²) in [4.78, 5) is 29.0. The lowest BCUT2D eigenvalue weighted by atomic mass is 10.0. The molecular formula is C25H25ClN2O6S. The number of nitrogens with zero attached hydrogens (tertiary/aromatic N) is 1. The highest BCUT2D eigenvalue weighted by atomic mass is 35.5. The topological polar surface area (TPSA) is 99.9 Å². The monoisotopic (exact) mass is 516 g/mol. The molecule has 1 aliphatic heterocycles. The third kappa shape index (κ3) is 5.57. The van der Waals surface area contributed by atoms with Gasteiger partial charge >= 0.3 is 5.97 Å². The molecular weight excluding hydrogens is 492 g/mol. The number of esters is 1. The minimum atomic E-state index is -0.519. The molecule has 0 fully saturated rings. The second-order valence-electron chi connectivity index (χ2n) is 7.81. The van der Waals surface area contributed by atoms with Crippen LogP contribution in [0, 0.1) is 0 Å². The fourth-order valence-electron chi connectivity index (χ4n) is 3.92. The number of aryl methyl sites for hydroxylation is 1. The number of carbonyl (C=O) groups excluding carboxylic acids is 2. The van der Waals surface area contributed by atoms with Crippen LogP contribution >= 0.6 is 23.4 Å². The van der Waals surface area contributed by atoms with Crippen LogP contribution in [0.15, 0.2) is 47.0 Å². The van der Waals surface area contributed by atoms with Crippen molar-refractivity contribution in [3.05, 3.63) is 70.4 Å². The summed E-state index contributed by atoms with van der Waals surface area (Å²) >= 11 is 7.81. The molecule has 10 heteroatoms. The van der Waals surface area contributed by atoms with Gasteiger partial charge in [-0.05, 0) is 29.8 Å². The van der Waals surface area contributed by atoms with Gasteiger partial charge in [-0.15, -0.1) is 11.8 Å². The molecule has 3 aromatic rings. The Morgan fingerprint density at radius 2 is 2.00 bits per heavy atom. The first-order chi connectivity index (χ1) is 16.9. The second kappa shape index (κ2) is 11.0. The van der Waals surface area contributed by atoms with Crippen molar-refractivity contribution in [2.75, 3.05) is 26.6 Å². The van der Waals surface area contributed by atoms with Gasteiger partial charge in [-0.1, -0.05) is 23.7 Å². The summed E-state index contributed by atoms with van der Waals surface area (Å²) in [6, 6.07) is 11.1. The lowest BCUT2D eigenvalue weighted by Gasteiger charge is -2.23. The number of amides is 1. The fraction of sp³-hybridized carbons (Fsp3) is 0.320. The number of nitrogens with one attached hydrogen (secondary N) is 1. The molecule has 2 aromatic carbocycles. The first-order valence-corrected chi connectivity index (χ1v) is 12.2. The van der Waals surface area contributed by atoms with E-state index < -0.39 is 5.25 Å². The molecule has 0 radical (unpaired) electrons. The molecule has 4 rings (SSSR count). The fourth-order valence-corrected chi connectivity index (χ4v) is 5.53. The molecule has 2 heterocycles. The van der Waals surface area contributed by atoms with Crippen molar-refractivity contribution >= 4 is 40.9 Å². The summed E-state index contributed by atoms with van der Waals surface area (Å²) < 4.78 is 21.7. The van der Waals surface area contributed by atoms with Crippen LogP contribution in [0.3, 0.4) is 0 Å². The summed E-state index contributed by atoms with van der Waals surface area (Å²) in [6.07, 6.45) is 2.41. The van der Waals surface area contributed by atoms with Crippen LogP contribution in [0.2, 0.25) is 5.02 Å². The molecule has 1 aromatic heterocycles. The number of oxazole rings is 1. The zero-order chi connectivity index (χ0) is 24.9. The largest absolute Gasteiger partial charge is 0.493 e. The molecule has 0 unspecified atom stereocenters. The molecule has 0 saturated carbocycles. The number of fused-ring (bicyclic) bond motifs is 1. The predicted octanol–water partition coefficient (Wildman–Crippen LogP) is 4.84. The van der Waals surface area contributed by atoms with Gasteiger partial charge < -0.3 is 23.9 Å². The van der Waals surface area contributed by atoms with Crippen molar-refractivity contribution in [2.45, 2.75) is 29.8 Å². The van der Waals surface area contributed by atoms with Crippen molar-refractivity contribution < 1.29 is 28.2 Å². The average molecular weight is 517 g/mol. The van der Waals surface area contributed by atoms with E-state index in [2.05, 4.69) is 15.0 Å². The maximum Gasteiger partial charge on any atom is 0.305 e. The van der Waals surface area contributed by atoms with Crippen molar-refractivity contribution in [3.63, 3.8) is 0 Å². The molecule has 0 aliphatic carbocycles. The number of halogens is 1. The van der Waals surface area contributed by atoms with Crippen LogP contribution in [0.4, 0.5) is 5.69 Å². The number of ether oxygens (including phenoxy) is 3. The smallest absolute Gasteiger partial charge is 0.305 e. The number of methoxy groups -OCH3 is 3. The zero-order valence-corrected chi connectivity index (χ0v) is 21.1. The van der Waals surface area contributed by atoms with E-state index in [4.69, 9.17) is 25.5 Å². The number of benzene rings is 2. The maximum atomic E-state index is 13.2. The molecule has 0 bridgehead atoms. The highest BCUT2D eigenvalue weighted by Crippen LogP contribution is 2.49. The SMILES string of the molecule is COC(=O)CCc1cnc(C[C@@H]2S[C@@H](c3cccc(OC)c3OC)c3cc(Cl)ccc3NC2=O)o1. The van der Waals surface area contributed by atoms with Gasteiger partial charge in [0.25, 0.3) is 0 Å². The number of hydrogen-bond acceptors (Lipinski definition) is 8. The highest BCUT2D eigenvalue weighted by Gasteiger charge is 2.34. The Balaban J connectivity index is 1.67. The van der Waals surface area contributed by atoms with Gasteiger partial charge in [-0.3, -0.25) is 9.59 Å². The quantitative estimate of drug-likeness (QED) is 0.425. The van der Waals surface area contributed by atoms with Crippen molar-refractivity contribution in [3.8, 4) is 11.5 Å². The predicted molar refractivity (Wildman–Crippen MR) is 133 cm³/mol. The summed E-state index contributed by atoms with van der Waals surface area (Å²) in [6.45, 7) is 0. The minimum Gasteiger partial charge on any atom is -0.493 e. The molecule has 35 heavy (non-hydrogen) atoms. The zero-order valence-electron chi connectivity index (χ0n) is 19.5. The summed E-state index contributed by atoms with van der Waals surface area (Å²) in [5, 5.41) is 2.78.